The first kappa shape index (κ1) is 17.4. The number of rotatable bonds is 4. The molecule has 0 saturated heterocycles. The van der Waals surface area contributed by atoms with Crippen molar-refractivity contribution < 1.29 is 9.18 Å². The Morgan fingerprint density at radius 1 is 1.20 bits per heavy atom. The smallest absolute Gasteiger partial charge is 0.274 e. The van der Waals surface area contributed by atoms with Crippen molar-refractivity contribution in [2.24, 2.45) is 12.5 Å². The molecule has 0 spiro atoms. The monoisotopic (exact) mass is 342 g/mol. The van der Waals surface area contributed by atoms with E-state index in [0.29, 0.717) is 12.1 Å². The van der Waals surface area contributed by atoms with Crippen molar-refractivity contribution in [1.29, 1.82) is 0 Å². The molecule has 1 saturated carbocycles. The van der Waals surface area contributed by atoms with Crippen LogP contribution < -0.4 is 10.9 Å². The zero-order valence-corrected chi connectivity index (χ0v) is 14.4. The number of anilines is 1. The summed E-state index contributed by atoms with van der Waals surface area (Å²) in [5, 5.41) is 2.83. The Hall–Kier alpha value is -2.43. The zero-order chi connectivity index (χ0) is 17.9. The van der Waals surface area contributed by atoms with Crippen LogP contribution >= 0.6 is 0 Å². The predicted molar refractivity (Wildman–Crippen MR) is 95.9 cm³/mol. The Labute approximate surface area is 146 Å². The van der Waals surface area contributed by atoms with E-state index in [-0.39, 0.29) is 17.3 Å². The third kappa shape index (κ3) is 3.81. The van der Waals surface area contributed by atoms with Gasteiger partial charge in [-0.2, -0.15) is 0 Å². The molecule has 132 valence electrons. The van der Waals surface area contributed by atoms with Crippen molar-refractivity contribution >= 4 is 11.6 Å². The molecule has 0 atom stereocenters. The fourth-order valence-electron chi connectivity index (χ4n) is 3.70. The summed E-state index contributed by atoms with van der Waals surface area (Å²) in [6.45, 7) is 0. The van der Waals surface area contributed by atoms with Gasteiger partial charge in [-0.1, -0.05) is 31.4 Å². The van der Waals surface area contributed by atoms with Crippen molar-refractivity contribution in [2.75, 3.05) is 5.32 Å². The maximum absolute atomic E-state index is 13.5. The highest BCUT2D eigenvalue weighted by molar-refractivity contribution is 5.95. The van der Waals surface area contributed by atoms with Gasteiger partial charge in [-0.25, -0.2) is 4.39 Å². The molecule has 4 nitrogen and oxygen atoms in total. The van der Waals surface area contributed by atoms with E-state index in [1.165, 1.54) is 16.7 Å². The Morgan fingerprint density at radius 2 is 1.96 bits per heavy atom. The maximum atomic E-state index is 13.5. The molecular weight excluding hydrogens is 319 g/mol. The van der Waals surface area contributed by atoms with Crippen LogP contribution in [-0.4, -0.2) is 10.5 Å². The number of amides is 1. The number of nitrogens with zero attached hydrogens (tertiary/aromatic N) is 1. The molecule has 2 aromatic rings. The summed E-state index contributed by atoms with van der Waals surface area (Å²) < 4.78 is 15.0. The molecule has 1 aromatic heterocycles. The second-order valence-corrected chi connectivity index (χ2v) is 6.94. The predicted octanol–water partition coefficient (Wildman–Crippen LogP) is 3.66. The molecule has 1 amide bonds. The van der Waals surface area contributed by atoms with Crippen LogP contribution in [0.1, 0.15) is 37.7 Å². The number of pyridine rings is 1. The average molecular weight is 342 g/mol. The first-order chi connectivity index (χ1) is 12.0. The molecule has 1 heterocycles. The number of halogens is 1. The Bertz CT molecular complexity index is 822. The summed E-state index contributed by atoms with van der Waals surface area (Å²) in [6, 6.07) is 9.78. The van der Waals surface area contributed by atoms with Crippen LogP contribution in [0.3, 0.4) is 0 Å². The largest absolute Gasteiger partial charge is 0.321 e. The number of hydrogen-bond donors (Lipinski definition) is 1. The molecule has 0 unspecified atom stereocenters. The molecule has 1 fully saturated rings. The van der Waals surface area contributed by atoms with E-state index in [9.17, 15) is 14.0 Å². The van der Waals surface area contributed by atoms with Crippen LogP contribution in [0, 0.1) is 11.2 Å². The molecule has 1 N–H and O–H groups in total. The van der Waals surface area contributed by atoms with Crippen LogP contribution in [0.25, 0.3) is 0 Å². The van der Waals surface area contributed by atoms with E-state index in [4.69, 9.17) is 0 Å². The number of aromatic nitrogens is 1. The number of carbonyl (C=O) groups excluding carboxylic acids is 1. The fourth-order valence-corrected chi connectivity index (χ4v) is 3.70. The highest BCUT2D eigenvalue weighted by atomic mass is 19.1. The number of hydrogen-bond acceptors (Lipinski definition) is 2. The molecule has 3 rings (SSSR count). The van der Waals surface area contributed by atoms with Gasteiger partial charge in [0.25, 0.3) is 5.56 Å². The van der Waals surface area contributed by atoms with Gasteiger partial charge in [0.2, 0.25) is 5.91 Å². The lowest BCUT2D eigenvalue weighted by Gasteiger charge is -2.36. The van der Waals surface area contributed by atoms with E-state index in [2.05, 4.69) is 5.32 Å². The molecule has 0 bridgehead atoms. The Morgan fingerprint density at radius 3 is 2.68 bits per heavy atom. The van der Waals surface area contributed by atoms with Crippen molar-refractivity contribution in [3.05, 3.63) is 64.3 Å². The first-order valence-electron chi connectivity index (χ1n) is 8.72. The van der Waals surface area contributed by atoms with E-state index in [1.807, 2.05) is 6.07 Å². The van der Waals surface area contributed by atoms with Gasteiger partial charge in [0.05, 0.1) is 5.41 Å². The lowest BCUT2D eigenvalue weighted by Crippen LogP contribution is -2.41. The van der Waals surface area contributed by atoms with Gasteiger partial charge in [0, 0.05) is 13.2 Å². The van der Waals surface area contributed by atoms with Gasteiger partial charge < -0.3 is 9.88 Å². The number of nitrogens with one attached hydrogen (secondary N) is 1. The summed E-state index contributed by atoms with van der Waals surface area (Å²) in [5.74, 6) is -0.430. The quantitative estimate of drug-likeness (QED) is 0.922. The first-order valence-corrected chi connectivity index (χ1v) is 8.72. The normalized spacial score (nSPS) is 16.4. The molecule has 0 aliphatic heterocycles. The van der Waals surface area contributed by atoms with E-state index < -0.39 is 5.41 Å². The second kappa shape index (κ2) is 7.21. The number of benzene rings is 1. The van der Waals surface area contributed by atoms with Crippen LogP contribution in [0.5, 0.6) is 0 Å². The van der Waals surface area contributed by atoms with Crippen molar-refractivity contribution in [1.82, 2.24) is 4.57 Å². The Balaban J connectivity index is 1.88. The summed E-state index contributed by atoms with van der Waals surface area (Å²) in [4.78, 5) is 25.3. The lowest BCUT2D eigenvalue weighted by atomic mass is 9.69. The van der Waals surface area contributed by atoms with Gasteiger partial charge in [0.1, 0.15) is 11.5 Å². The third-order valence-electron chi connectivity index (χ3n) is 5.10. The van der Waals surface area contributed by atoms with Gasteiger partial charge >= 0.3 is 0 Å². The number of aryl methyl sites for hydroxylation is 1. The maximum Gasteiger partial charge on any atom is 0.274 e. The van der Waals surface area contributed by atoms with Gasteiger partial charge in [-0.05, 0) is 49.1 Å². The minimum atomic E-state index is -0.590. The summed E-state index contributed by atoms with van der Waals surface area (Å²) in [6.07, 6.45) is 6.69. The van der Waals surface area contributed by atoms with E-state index in [1.54, 1.807) is 31.4 Å². The van der Waals surface area contributed by atoms with Crippen LogP contribution in [0.4, 0.5) is 10.1 Å². The second-order valence-electron chi connectivity index (χ2n) is 6.94. The van der Waals surface area contributed by atoms with E-state index >= 15 is 0 Å². The average Bonchev–Trinajstić information content (AvgIpc) is 2.60. The van der Waals surface area contributed by atoms with Crippen molar-refractivity contribution in [2.45, 2.75) is 38.5 Å². The SMILES string of the molecule is Cn1cccc(NC(=O)C2(Cc3cccc(F)c3)CCCCC2)c1=O. The standard InChI is InChI=1S/C20H23FN2O2/c1-23-12-6-9-17(18(23)24)22-19(25)20(10-3-2-4-11-20)14-15-7-5-8-16(21)13-15/h5-9,12-13H,2-4,10-11,14H2,1H3,(H,22,25). The summed E-state index contributed by atoms with van der Waals surface area (Å²) >= 11 is 0. The molecule has 25 heavy (non-hydrogen) atoms. The fraction of sp³-hybridized carbons (Fsp3) is 0.400. The molecule has 1 aromatic carbocycles. The topological polar surface area (TPSA) is 51.1 Å². The third-order valence-corrected chi connectivity index (χ3v) is 5.10. The van der Waals surface area contributed by atoms with Gasteiger partial charge in [0.15, 0.2) is 0 Å². The lowest BCUT2D eigenvalue weighted by molar-refractivity contribution is -0.127. The van der Waals surface area contributed by atoms with Crippen LogP contribution in [-0.2, 0) is 18.3 Å². The molecule has 1 aliphatic rings. The molecular formula is C20H23FN2O2. The van der Waals surface area contributed by atoms with Crippen LogP contribution in [0.2, 0.25) is 0 Å². The van der Waals surface area contributed by atoms with E-state index in [0.717, 1.165) is 37.7 Å². The highest BCUT2D eigenvalue weighted by Crippen LogP contribution is 2.40. The summed E-state index contributed by atoms with van der Waals surface area (Å²) in [7, 11) is 1.65. The minimum Gasteiger partial charge on any atom is -0.321 e. The zero-order valence-electron chi connectivity index (χ0n) is 14.4. The molecule has 0 radical (unpaired) electrons. The number of carbonyl (C=O) groups is 1. The minimum absolute atomic E-state index is 0.139. The van der Waals surface area contributed by atoms with Crippen molar-refractivity contribution in [3.8, 4) is 0 Å². The van der Waals surface area contributed by atoms with Gasteiger partial charge in [-0.3, -0.25) is 9.59 Å². The molecule has 1 aliphatic carbocycles. The van der Waals surface area contributed by atoms with Crippen molar-refractivity contribution in [3.63, 3.8) is 0 Å². The highest BCUT2D eigenvalue weighted by Gasteiger charge is 2.39. The Kier molecular flexibility index (Phi) is 5.02. The van der Waals surface area contributed by atoms with Gasteiger partial charge in [-0.15, -0.1) is 0 Å². The summed E-state index contributed by atoms with van der Waals surface area (Å²) in [5.41, 5.74) is 0.289. The molecule has 5 heteroatoms. The van der Waals surface area contributed by atoms with Crippen LogP contribution in [0.15, 0.2) is 47.4 Å².